The first-order valence-electron chi connectivity index (χ1n) is 8.07. The number of hydrogen-bond donors (Lipinski definition) is 1. The van der Waals surface area contributed by atoms with Crippen LogP contribution in [0.1, 0.15) is 24.8 Å². The molecule has 4 heteroatoms. The van der Waals surface area contributed by atoms with Gasteiger partial charge in [0.2, 0.25) is 0 Å². The Kier molecular flexibility index (Phi) is 3.46. The molecule has 0 aromatic heterocycles. The topological polar surface area (TPSA) is 58.7 Å². The highest BCUT2D eigenvalue weighted by Crippen LogP contribution is 2.38. The predicted molar refractivity (Wildman–Crippen MR) is 91.9 cm³/mol. The molecule has 1 fully saturated rings. The quantitative estimate of drug-likeness (QED) is 0.926. The van der Waals surface area contributed by atoms with Gasteiger partial charge in [-0.15, -0.1) is 0 Å². The number of anilines is 2. The van der Waals surface area contributed by atoms with Crippen molar-refractivity contribution in [3.05, 3.63) is 60.2 Å². The fourth-order valence-corrected chi connectivity index (χ4v) is 3.26. The maximum absolute atomic E-state index is 12.9. The molecular weight excluding hydrogens is 286 g/mol. The highest BCUT2D eigenvalue weighted by atomic mass is 16.2. The van der Waals surface area contributed by atoms with Gasteiger partial charge in [-0.1, -0.05) is 42.8 Å². The molecule has 2 aromatic carbocycles. The van der Waals surface area contributed by atoms with Crippen LogP contribution in [0.4, 0.5) is 11.4 Å². The van der Waals surface area contributed by atoms with Crippen molar-refractivity contribution in [3.8, 4) is 0 Å². The van der Waals surface area contributed by atoms with Crippen LogP contribution >= 0.6 is 0 Å². The van der Waals surface area contributed by atoms with E-state index >= 15 is 0 Å². The summed E-state index contributed by atoms with van der Waals surface area (Å²) in [5, 5.41) is 0. The van der Waals surface area contributed by atoms with Gasteiger partial charge in [-0.3, -0.25) is 14.7 Å². The second-order valence-corrected chi connectivity index (χ2v) is 6.11. The molecule has 4 rings (SSSR count). The van der Waals surface area contributed by atoms with Gasteiger partial charge in [0.05, 0.1) is 5.69 Å². The zero-order valence-electron chi connectivity index (χ0n) is 12.9. The van der Waals surface area contributed by atoms with Crippen molar-refractivity contribution in [2.75, 3.05) is 4.90 Å². The van der Waals surface area contributed by atoms with E-state index in [4.69, 9.17) is 5.73 Å². The zero-order valence-corrected chi connectivity index (χ0v) is 12.9. The number of nitrogens with zero attached hydrogens (tertiary/aromatic N) is 2. The van der Waals surface area contributed by atoms with Crippen LogP contribution in [-0.4, -0.2) is 17.8 Å². The Balaban J connectivity index is 1.89. The molecule has 0 spiro atoms. The van der Waals surface area contributed by atoms with Crippen molar-refractivity contribution in [2.24, 2.45) is 16.6 Å². The third-order valence-corrected chi connectivity index (χ3v) is 4.68. The number of carbonyl (C=O) groups is 1. The molecule has 0 saturated heterocycles. The molecule has 2 aliphatic rings. The van der Waals surface area contributed by atoms with Crippen molar-refractivity contribution in [3.63, 3.8) is 0 Å². The van der Waals surface area contributed by atoms with E-state index in [0.29, 0.717) is 5.92 Å². The number of benzodiazepines with no additional fused rings is 1. The van der Waals surface area contributed by atoms with Crippen LogP contribution in [0.25, 0.3) is 0 Å². The number of hydrogen-bond acceptors (Lipinski definition) is 3. The second kappa shape index (κ2) is 5.63. The minimum atomic E-state index is -0.849. The summed E-state index contributed by atoms with van der Waals surface area (Å²) in [7, 11) is 0. The summed E-state index contributed by atoms with van der Waals surface area (Å²) < 4.78 is 0. The highest BCUT2D eigenvalue weighted by molar-refractivity contribution is 6.16. The summed E-state index contributed by atoms with van der Waals surface area (Å²) in [4.78, 5) is 19.2. The molecular formula is C19H19N3O. The van der Waals surface area contributed by atoms with E-state index in [0.717, 1.165) is 35.5 Å². The number of rotatable bonds is 2. The zero-order chi connectivity index (χ0) is 15.8. The van der Waals surface area contributed by atoms with Crippen LogP contribution in [0.15, 0.2) is 59.6 Å². The van der Waals surface area contributed by atoms with Crippen LogP contribution in [-0.2, 0) is 4.79 Å². The van der Waals surface area contributed by atoms with Crippen molar-refractivity contribution in [2.45, 2.75) is 25.4 Å². The van der Waals surface area contributed by atoms with Gasteiger partial charge in [-0.25, -0.2) is 0 Å². The first kappa shape index (κ1) is 14.2. The van der Waals surface area contributed by atoms with E-state index in [1.807, 2.05) is 54.6 Å². The van der Waals surface area contributed by atoms with Gasteiger partial charge in [0, 0.05) is 22.9 Å². The molecule has 1 heterocycles. The van der Waals surface area contributed by atoms with Crippen LogP contribution in [0.3, 0.4) is 0 Å². The fourth-order valence-electron chi connectivity index (χ4n) is 3.26. The number of benzene rings is 2. The molecule has 1 atom stereocenters. The smallest absolute Gasteiger partial charge is 0.270 e. The molecule has 1 unspecified atom stereocenters. The Morgan fingerprint density at radius 3 is 2.39 bits per heavy atom. The maximum atomic E-state index is 12.9. The van der Waals surface area contributed by atoms with Gasteiger partial charge in [0.1, 0.15) is 0 Å². The lowest BCUT2D eigenvalue weighted by Gasteiger charge is -2.28. The van der Waals surface area contributed by atoms with E-state index < -0.39 is 6.17 Å². The summed E-state index contributed by atoms with van der Waals surface area (Å²) in [6.45, 7) is 0. The molecule has 4 nitrogen and oxygen atoms in total. The number of fused-ring (bicyclic) bond motifs is 1. The molecule has 2 N–H and O–H groups in total. The van der Waals surface area contributed by atoms with Gasteiger partial charge in [-0.05, 0) is 31.0 Å². The average Bonchev–Trinajstić information content (AvgIpc) is 2.63. The number of amides is 1. The highest BCUT2D eigenvalue weighted by Gasteiger charge is 2.34. The molecule has 23 heavy (non-hydrogen) atoms. The van der Waals surface area contributed by atoms with E-state index in [-0.39, 0.29) is 5.91 Å². The molecule has 1 aliphatic carbocycles. The Morgan fingerprint density at radius 2 is 1.70 bits per heavy atom. The lowest BCUT2D eigenvalue weighted by atomic mass is 9.79. The summed E-state index contributed by atoms with van der Waals surface area (Å²) >= 11 is 0. The van der Waals surface area contributed by atoms with Gasteiger partial charge < -0.3 is 5.73 Å². The third-order valence-electron chi connectivity index (χ3n) is 4.68. The predicted octanol–water partition coefficient (Wildman–Crippen LogP) is 3.24. The summed E-state index contributed by atoms with van der Waals surface area (Å²) in [6.07, 6.45) is 2.62. The molecule has 1 saturated carbocycles. The van der Waals surface area contributed by atoms with E-state index in [1.54, 1.807) is 4.90 Å². The standard InChI is InChI=1S/C19H19N3O/c20-18-19(23)22(14-9-2-1-3-10-14)16-12-5-4-11-15(16)17(21-18)13-7-6-8-13/h1-5,9-13,18H,6-8,20H2. The van der Waals surface area contributed by atoms with E-state index in [1.165, 1.54) is 6.42 Å². The molecule has 0 radical (unpaired) electrons. The maximum Gasteiger partial charge on any atom is 0.270 e. The Labute approximate surface area is 135 Å². The Morgan fingerprint density at radius 1 is 1.00 bits per heavy atom. The Hall–Kier alpha value is -2.46. The number of carbonyl (C=O) groups excluding carboxylic acids is 1. The third kappa shape index (κ3) is 2.35. The molecule has 2 aromatic rings. The van der Waals surface area contributed by atoms with Gasteiger partial charge in [0.15, 0.2) is 6.17 Å². The lowest BCUT2D eigenvalue weighted by Crippen LogP contribution is -2.39. The number of para-hydroxylation sites is 2. The van der Waals surface area contributed by atoms with Crippen LogP contribution in [0, 0.1) is 5.92 Å². The SMILES string of the molecule is NC1N=C(C2CCC2)c2ccccc2N(c2ccccc2)C1=O. The van der Waals surface area contributed by atoms with Crippen LogP contribution < -0.4 is 10.6 Å². The molecule has 116 valence electrons. The fraction of sp³-hybridized carbons (Fsp3) is 0.263. The van der Waals surface area contributed by atoms with Gasteiger partial charge >= 0.3 is 0 Å². The normalized spacial score (nSPS) is 21.3. The molecule has 1 aliphatic heterocycles. The average molecular weight is 305 g/mol. The lowest BCUT2D eigenvalue weighted by molar-refractivity contribution is -0.118. The van der Waals surface area contributed by atoms with Crippen molar-refractivity contribution >= 4 is 23.0 Å². The number of nitrogens with two attached hydrogens (primary N) is 1. The van der Waals surface area contributed by atoms with Crippen molar-refractivity contribution < 1.29 is 4.79 Å². The first-order valence-corrected chi connectivity index (χ1v) is 8.07. The second-order valence-electron chi connectivity index (χ2n) is 6.11. The van der Waals surface area contributed by atoms with E-state index in [2.05, 4.69) is 4.99 Å². The number of aliphatic imine (C=N–C) groups is 1. The molecule has 0 bridgehead atoms. The van der Waals surface area contributed by atoms with Crippen molar-refractivity contribution in [1.82, 2.24) is 0 Å². The molecule has 1 amide bonds. The largest absolute Gasteiger partial charge is 0.302 e. The Bertz CT molecular complexity index is 765. The van der Waals surface area contributed by atoms with Crippen molar-refractivity contribution in [1.29, 1.82) is 0 Å². The van der Waals surface area contributed by atoms with Crippen LogP contribution in [0.2, 0.25) is 0 Å². The monoisotopic (exact) mass is 305 g/mol. The summed E-state index contributed by atoms with van der Waals surface area (Å²) in [6, 6.07) is 17.6. The first-order chi connectivity index (χ1) is 11.3. The minimum Gasteiger partial charge on any atom is -0.302 e. The van der Waals surface area contributed by atoms with Gasteiger partial charge in [0.25, 0.3) is 5.91 Å². The van der Waals surface area contributed by atoms with Gasteiger partial charge in [-0.2, -0.15) is 0 Å². The van der Waals surface area contributed by atoms with Crippen LogP contribution in [0.5, 0.6) is 0 Å². The van der Waals surface area contributed by atoms with E-state index in [9.17, 15) is 4.79 Å². The summed E-state index contributed by atoms with van der Waals surface area (Å²) in [5.41, 5.74) is 9.84. The minimum absolute atomic E-state index is 0.182. The summed E-state index contributed by atoms with van der Waals surface area (Å²) in [5.74, 6) is 0.240.